The van der Waals surface area contributed by atoms with E-state index < -0.39 is 12.1 Å². The van der Waals surface area contributed by atoms with Crippen LogP contribution < -0.4 is 21.3 Å². The molecular formula is C34H37N3O4S. The molecule has 0 spiro atoms. The number of nitrogens with two attached hydrogens (primary N) is 1. The van der Waals surface area contributed by atoms with Gasteiger partial charge in [-0.2, -0.15) is 0 Å². The molecule has 218 valence electrons. The number of unbranched alkanes of at least 4 members (excludes halogenated alkanes) is 1. The van der Waals surface area contributed by atoms with Gasteiger partial charge in [0, 0.05) is 23.4 Å². The van der Waals surface area contributed by atoms with E-state index in [1.165, 1.54) is 0 Å². The average molecular weight is 584 g/mol. The molecule has 1 amide bonds. The Morgan fingerprint density at radius 1 is 1.05 bits per heavy atom. The Labute approximate surface area is 251 Å². The number of nitrogens with zero attached hydrogens (tertiary/aromatic N) is 1. The maximum absolute atomic E-state index is 14.1. The van der Waals surface area contributed by atoms with Gasteiger partial charge < -0.3 is 25.5 Å². The maximum Gasteiger partial charge on any atom is 0.405 e. The van der Waals surface area contributed by atoms with Gasteiger partial charge in [-0.05, 0) is 53.1 Å². The Kier molecular flexibility index (Phi) is 8.64. The van der Waals surface area contributed by atoms with Crippen LogP contribution in [0.25, 0.3) is 21.9 Å². The maximum atomic E-state index is 14.1. The van der Waals surface area contributed by atoms with E-state index in [4.69, 9.17) is 22.7 Å². The van der Waals surface area contributed by atoms with Crippen molar-refractivity contribution in [3.63, 3.8) is 0 Å². The molecule has 1 aromatic heterocycles. The zero-order valence-corrected chi connectivity index (χ0v) is 25.0. The Bertz CT molecular complexity index is 1670. The average Bonchev–Trinajstić information content (AvgIpc) is 3.27. The summed E-state index contributed by atoms with van der Waals surface area (Å²) in [6.45, 7) is 6.98. The molecule has 3 aromatic carbocycles. The van der Waals surface area contributed by atoms with E-state index >= 15 is 0 Å². The van der Waals surface area contributed by atoms with Crippen LogP contribution in [0.2, 0.25) is 0 Å². The van der Waals surface area contributed by atoms with E-state index in [2.05, 4.69) is 36.5 Å². The number of thiocarbonyl (C=S) groups is 1. The predicted octanol–water partition coefficient (Wildman–Crippen LogP) is 6.98. The third-order valence-electron chi connectivity index (χ3n) is 7.90. The van der Waals surface area contributed by atoms with Gasteiger partial charge in [-0.15, -0.1) is 0 Å². The molecule has 4 N–H and O–H groups in total. The number of nitrogens with one attached hydrogen (secondary N) is 1. The summed E-state index contributed by atoms with van der Waals surface area (Å²) >= 11 is 5.27. The fourth-order valence-electron chi connectivity index (χ4n) is 6.09. The first-order chi connectivity index (χ1) is 20.2. The molecule has 0 fully saturated rings. The molecule has 1 unspecified atom stereocenters. The fraction of sp³-hybridized carbons (Fsp3) is 0.324. The molecule has 8 heteroatoms. The van der Waals surface area contributed by atoms with Crippen LogP contribution >= 0.6 is 12.2 Å². The number of rotatable bonds is 11. The van der Waals surface area contributed by atoms with Gasteiger partial charge in [-0.3, -0.25) is 4.79 Å². The van der Waals surface area contributed by atoms with Gasteiger partial charge in [0.1, 0.15) is 10.7 Å². The first-order valence-electron chi connectivity index (χ1n) is 14.5. The highest BCUT2D eigenvalue weighted by Crippen LogP contribution is 2.49. The summed E-state index contributed by atoms with van der Waals surface area (Å²) in [7, 11) is 0. The number of hydrogen-bond acceptors (Lipinski definition) is 4. The molecule has 1 aliphatic carbocycles. The van der Waals surface area contributed by atoms with Crippen LogP contribution in [0.15, 0.2) is 71.5 Å². The standard InChI is InChI=1S/C34H37N3O4S/c1-4-5-16-41-31-28-17-21(32(35)42)14-15-26(28)33(38)37(19-20(2)3)30(31)29(36-34(39)40)18-27-24-12-8-6-10-22(24)23-11-7-9-13-25(23)27/h6-15,17,20,27,29,36H,4-5,16,18-19H2,1-3H3,(H2,35,42)(H,39,40). The van der Waals surface area contributed by atoms with Crippen molar-refractivity contribution in [2.75, 3.05) is 6.61 Å². The quantitative estimate of drug-likeness (QED) is 0.130. The molecule has 0 bridgehead atoms. The topological polar surface area (TPSA) is 107 Å². The van der Waals surface area contributed by atoms with Crippen molar-refractivity contribution in [1.82, 2.24) is 9.88 Å². The van der Waals surface area contributed by atoms with Gasteiger partial charge in [0.15, 0.2) is 0 Å². The number of pyridine rings is 1. The molecule has 0 saturated carbocycles. The molecule has 42 heavy (non-hydrogen) atoms. The highest BCUT2D eigenvalue weighted by molar-refractivity contribution is 7.80. The number of ether oxygens (including phenoxy) is 1. The predicted molar refractivity (Wildman–Crippen MR) is 172 cm³/mol. The molecule has 7 nitrogen and oxygen atoms in total. The third kappa shape index (κ3) is 5.63. The summed E-state index contributed by atoms with van der Waals surface area (Å²) in [6, 6.07) is 21.0. The SMILES string of the molecule is CCCCOc1c(C(CC2c3ccccc3-c3ccccc32)NC(=O)O)n(CC(C)C)c(=O)c2ccc(C(N)=S)cc12. The first-order valence-corrected chi connectivity index (χ1v) is 14.9. The van der Waals surface area contributed by atoms with Crippen molar-refractivity contribution in [2.45, 2.75) is 58.5 Å². The summed E-state index contributed by atoms with van der Waals surface area (Å²) < 4.78 is 8.20. The van der Waals surface area contributed by atoms with Crippen molar-refractivity contribution in [3.8, 4) is 16.9 Å². The second-order valence-electron chi connectivity index (χ2n) is 11.3. The number of carboxylic acid groups (broad SMARTS) is 1. The van der Waals surface area contributed by atoms with Crippen LogP contribution in [0.1, 0.15) is 74.4 Å². The number of amides is 1. The largest absolute Gasteiger partial charge is 0.491 e. The normalized spacial score (nSPS) is 13.1. The van der Waals surface area contributed by atoms with Gasteiger partial charge in [0.2, 0.25) is 0 Å². The lowest BCUT2D eigenvalue weighted by molar-refractivity contribution is 0.187. The molecule has 1 heterocycles. The molecule has 0 saturated heterocycles. The summed E-state index contributed by atoms with van der Waals surface area (Å²) in [5, 5.41) is 14.0. The highest BCUT2D eigenvalue weighted by Gasteiger charge is 2.34. The van der Waals surface area contributed by atoms with E-state index in [0.717, 1.165) is 35.1 Å². The molecule has 1 atom stereocenters. The lowest BCUT2D eigenvalue weighted by Crippen LogP contribution is -2.35. The second-order valence-corrected chi connectivity index (χ2v) is 11.8. The van der Waals surface area contributed by atoms with E-state index in [-0.39, 0.29) is 22.4 Å². The van der Waals surface area contributed by atoms with E-state index in [1.807, 2.05) is 38.1 Å². The first kappa shape index (κ1) is 29.3. The molecular weight excluding hydrogens is 546 g/mol. The van der Waals surface area contributed by atoms with E-state index in [0.29, 0.717) is 47.4 Å². The summed E-state index contributed by atoms with van der Waals surface area (Å²) in [6.07, 6.45) is 0.964. The Morgan fingerprint density at radius 3 is 2.26 bits per heavy atom. The second kappa shape index (κ2) is 12.4. The van der Waals surface area contributed by atoms with Crippen molar-refractivity contribution in [1.29, 1.82) is 0 Å². The van der Waals surface area contributed by atoms with Crippen LogP contribution in [0, 0.1) is 5.92 Å². The van der Waals surface area contributed by atoms with Crippen molar-refractivity contribution in [3.05, 3.63) is 99.5 Å². The molecule has 0 aliphatic heterocycles. The van der Waals surface area contributed by atoms with Gasteiger partial charge >= 0.3 is 6.09 Å². The van der Waals surface area contributed by atoms with Gasteiger partial charge in [-0.25, -0.2) is 4.79 Å². The minimum absolute atomic E-state index is 0.0843. The van der Waals surface area contributed by atoms with Crippen molar-refractivity contribution >= 4 is 34.1 Å². The highest BCUT2D eigenvalue weighted by atomic mass is 32.1. The van der Waals surface area contributed by atoms with Gasteiger partial charge in [-0.1, -0.05) is 94.0 Å². The van der Waals surface area contributed by atoms with Gasteiger partial charge in [0.25, 0.3) is 5.56 Å². The van der Waals surface area contributed by atoms with Crippen LogP contribution in [-0.4, -0.2) is 27.4 Å². The Balaban J connectivity index is 1.77. The number of fused-ring (bicyclic) bond motifs is 4. The lowest BCUT2D eigenvalue weighted by Gasteiger charge is -2.29. The van der Waals surface area contributed by atoms with E-state index in [1.54, 1.807) is 22.8 Å². The minimum Gasteiger partial charge on any atom is -0.491 e. The third-order valence-corrected chi connectivity index (χ3v) is 8.14. The zero-order chi connectivity index (χ0) is 30.0. The van der Waals surface area contributed by atoms with Crippen LogP contribution in [-0.2, 0) is 6.54 Å². The molecule has 4 aromatic rings. The van der Waals surface area contributed by atoms with Crippen LogP contribution in [0.3, 0.4) is 0 Å². The number of carbonyl (C=O) groups is 1. The molecule has 5 rings (SSSR count). The Hall–Kier alpha value is -4.17. The summed E-state index contributed by atoms with van der Waals surface area (Å²) in [5.41, 5.74) is 11.5. The zero-order valence-electron chi connectivity index (χ0n) is 24.2. The minimum atomic E-state index is -1.17. The van der Waals surface area contributed by atoms with Crippen molar-refractivity contribution in [2.24, 2.45) is 11.7 Å². The fourth-order valence-corrected chi connectivity index (χ4v) is 6.21. The number of hydrogen-bond donors (Lipinski definition) is 3. The number of aromatic nitrogens is 1. The monoisotopic (exact) mass is 583 g/mol. The van der Waals surface area contributed by atoms with E-state index in [9.17, 15) is 14.7 Å². The summed E-state index contributed by atoms with van der Waals surface area (Å²) in [4.78, 5) is 26.7. The van der Waals surface area contributed by atoms with Crippen LogP contribution in [0.5, 0.6) is 5.75 Å². The molecule has 1 aliphatic rings. The smallest absolute Gasteiger partial charge is 0.405 e. The van der Waals surface area contributed by atoms with Gasteiger partial charge in [0.05, 0.1) is 23.7 Å². The number of benzene rings is 3. The molecule has 0 radical (unpaired) electrons. The Morgan fingerprint density at radius 2 is 1.69 bits per heavy atom. The summed E-state index contributed by atoms with van der Waals surface area (Å²) in [5.74, 6) is 0.533. The van der Waals surface area contributed by atoms with Crippen molar-refractivity contribution < 1.29 is 14.6 Å². The van der Waals surface area contributed by atoms with Crippen LogP contribution in [0.4, 0.5) is 4.79 Å². The lowest BCUT2D eigenvalue weighted by atomic mass is 9.88.